The largest absolute Gasteiger partial charge is 0.355 e. The Morgan fingerprint density at radius 2 is 1.87 bits per heavy atom. The topological polar surface area (TPSA) is 41.1 Å². The summed E-state index contributed by atoms with van der Waals surface area (Å²) in [6.07, 6.45) is 3.42. The summed E-state index contributed by atoms with van der Waals surface area (Å²) < 4.78 is 0. The maximum absolute atomic E-state index is 11.5. The minimum atomic E-state index is -0.0733. The maximum Gasteiger partial charge on any atom is 0.236 e. The van der Waals surface area contributed by atoms with Gasteiger partial charge in [-0.25, -0.2) is 0 Å². The van der Waals surface area contributed by atoms with Gasteiger partial charge < -0.3 is 10.6 Å². The third kappa shape index (κ3) is 7.37. The van der Waals surface area contributed by atoms with Crippen molar-refractivity contribution in [1.29, 1.82) is 0 Å². The lowest BCUT2D eigenvalue weighted by Gasteiger charge is -2.16. The molecule has 90 valence electrons. The fraction of sp³-hybridized carbons (Fsp3) is 0.917. The average molecular weight is 214 g/mol. The highest BCUT2D eigenvalue weighted by molar-refractivity contribution is 5.81. The summed E-state index contributed by atoms with van der Waals surface area (Å²) in [6.45, 7) is 10.1. The highest BCUT2D eigenvalue weighted by Gasteiger charge is 2.11. The van der Waals surface area contributed by atoms with Gasteiger partial charge in [-0.1, -0.05) is 27.2 Å². The number of amides is 1. The second-order valence-corrected chi connectivity index (χ2v) is 4.31. The number of rotatable bonds is 8. The second-order valence-electron chi connectivity index (χ2n) is 4.31. The van der Waals surface area contributed by atoms with Crippen molar-refractivity contribution < 1.29 is 4.79 Å². The predicted molar refractivity (Wildman–Crippen MR) is 64.8 cm³/mol. The van der Waals surface area contributed by atoms with E-state index in [9.17, 15) is 4.79 Å². The van der Waals surface area contributed by atoms with E-state index in [-0.39, 0.29) is 11.9 Å². The summed E-state index contributed by atoms with van der Waals surface area (Å²) in [5, 5.41) is 6.15. The molecule has 0 aliphatic heterocycles. The third-order valence-electron chi connectivity index (χ3n) is 2.50. The highest BCUT2D eigenvalue weighted by atomic mass is 16.2. The quantitative estimate of drug-likeness (QED) is 0.648. The molecular formula is C12H26N2O. The Morgan fingerprint density at radius 3 is 2.40 bits per heavy atom. The molecule has 3 heteroatoms. The van der Waals surface area contributed by atoms with Crippen LogP contribution in [0.1, 0.15) is 47.0 Å². The molecule has 0 heterocycles. The van der Waals surface area contributed by atoms with Gasteiger partial charge in [-0.3, -0.25) is 4.79 Å². The molecule has 3 nitrogen and oxygen atoms in total. The molecular weight excluding hydrogens is 188 g/mol. The summed E-state index contributed by atoms with van der Waals surface area (Å²) in [7, 11) is 0. The molecule has 0 aliphatic rings. The van der Waals surface area contributed by atoms with Crippen LogP contribution < -0.4 is 10.6 Å². The summed E-state index contributed by atoms with van der Waals surface area (Å²) in [5.74, 6) is 0.761. The first-order valence-electron chi connectivity index (χ1n) is 6.12. The smallest absolute Gasteiger partial charge is 0.236 e. The lowest BCUT2D eigenvalue weighted by Crippen LogP contribution is -2.43. The Balaban J connectivity index is 3.62. The molecule has 0 aromatic rings. The fourth-order valence-corrected chi connectivity index (χ4v) is 1.47. The maximum atomic E-state index is 11.5. The van der Waals surface area contributed by atoms with Gasteiger partial charge in [-0.15, -0.1) is 0 Å². The van der Waals surface area contributed by atoms with E-state index >= 15 is 0 Å². The number of carbonyl (C=O) groups excluding carboxylic acids is 1. The van der Waals surface area contributed by atoms with Gasteiger partial charge in [0.15, 0.2) is 0 Å². The standard InChI is InChI=1S/C12H26N2O/c1-5-7-10(3)9-14-11(4)12(15)13-8-6-2/h10-11,14H,5-9H2,1-4H3,(H,13,15). The zero-order valence-corrected chi connectivity index (χ0v) is 10.6. The van der Waals surface area contributed by atoms with Crippen molar-refractivity contribution >= 4 is 5.91 Å². The number of carbonyl (C=O) groups is 1. The fourth-order valence-electron chi connectivity index (χ4n) is 1.47. The predicted octanol–water partition coefficient (Wildman–Crippen LogP) is 1.93. The van der Waals surface area contributed by atoms with Gasteiger partial charge >= 0.3 is 0 Å². The molecule has 2 unspecified atom stereocenters. The Hall–Kier alpha value is -0.570. The van der Waals surface area contributed by atoms with Crippen LogP contribution in [0.5, 0.6) is 0 Å². The molecule has 2 N–H and O–H groups in total. The van der Waals surface area contributed by atoms with E-state index in [1.807, 2.05) is 6.92 Å². The SMILES string of the molecule is CCCNC(=O)C(C)NCC(C)CCC. The monoisotopic (exact) mass is 214 g/mol. The number of nitrogens with one attached hydrogen (secondary N) is 2. The van der Waals surface area contributed by atoms with Crippen LogP contribution in [0.4, 0.5) is 0 Å². The van der Waals surface area contributed by atoms with Crippen LogP contribution in [-0.4, -0.2) is 25.0 Å². The Bertz CT molecular complexity index is 171. The molecule has 15 heavy (non-hydrogen) atoms. The van der Waals surface area contributed by atoms with Crippen molar-refractivity contribution in [3.63, 3.8) is 0 Å². The lowest BCUT2D eigenvalue weighted by atomic mass is 10.1. The molecule has 0 rings (SSSR count). The van der Waals surface area contributed by atoms with Crippen molar-refractivity contribution in [1.82, 2.24) is 10.6 Å². The first-order chi connectivity index (χ1) is 7.11. The van der Waals surface area contributed by atoms with Crippen molar-refractivity contribution in [2.75, 3.05) is 13.1 Å². The molecule has 0 aromatic carbocycles. The molecule has 0 spiro atoms. The summed E-state index contributed by atoms with van der Waals surface area (Å²) in [4.78, 5) is 11.5. The van der Waals surface area contributed by atoms with Gasteiger partial charge in [-0.2, -0.15) is 0 Å². The van der Waals surface area contributed by atoms with Gasteiger partial charge in [0.25, 0.3) is 0 Å². The van der Waals surface area contributed by atoms with Crippen molar-refractivity contribution in [3.8, 4) is 0 Å². The van der Waals surface area contributed by atoms with E-state index < -0.39 is 0 Å². The minimum absolute atomic E-state index is 0.0733. The van der Waals surface area contributed by atoms with Crippen LogP contribution in [0, 0.1) is 5.92 Å². The summed E-state index contributed by atoms with van der Waals surface area (Å²) in [5.41, 5.74) is 0. The molecule has 0 radical (unpaired) electrons. The van der Waals surface area contributed by atoms with Gasteiger partial charge in [0, 0.05) is 6.54 Å². The van der Waals surface area contributed by atoms with Crippen LogP contribution in [0.25, 0.3) is 0 Å². The second kappa shape index (κ2) is 8.72. The normalized spacial score (nSPS) is 14.7. The van der Waals surface area contributed by atoms with E-state index in [0.717, 1.165) is 19.5 Å². The Morgan fingerprint density at radius 1 is 1.20 bits per heavy atom. The zero-order chi connectivity index (χ0) is 11.7. The van der Waals surface area contributed by atoms with Crippen molar-refractivity contribution in [3.05, 3.63) is 0 Å². The average Bonchev–Trinajstić information content (AvgIpc) is 2.22. The lowest BCUT2D eigenvalue weighted by molar-refractivity contribution is -0.122. The van der Waals surface area contributed by atoms with Crippen molar-refractivity contribution in [2.24, 2.45) is 5.92 Å². The van der Waals surface area contributed by atoms with Crippen molar-refractivity contribution in [2.45, 2.75) is 53.0 Å². The van der Waals surface area contributed by atoms with E-state index in [4.69, 9.17) is 0 Å². The molecule has 0 saturated carbocycles. The van der Waals surface area contributed by atoms with Crippen LogP contribution in [0.3, 0.4) is 0 Å². The van der Waals surface area contributed by atoms with Gasteiger partial charge in [-0.05, 0) is 32.2 Å². The zero-order valence-electron chi connectivity index (χ0n) is 10.6. The Kier molecular flexibility index (Phi) is 8.38. The Labute approximate surface area is 94.0 Å². The first kappa shape index (κ1) is 14.4. The molecule has 0 fully saturated rings. The van der Waals surface area contributed by atoms with Crippen LogP contribution in [-0.2, 0) is 4.79 Å². The van der Waals surface area contributed by atoms with E-state index in [1.165, 1.54) is 12.8 Å². The molecule has 0 aliphatic carbocycles. The minimum Gasteiger partial charge on any atom is -0.355 e. The molecule has 2 atom stereocenters. The third-order valence-corrected chi connectivity index (χ3v) is 2.50. The van der Waals surface area contributed by atoms with E-state index in [1.54, 1.807) is 0 Å². The summed E-state index contributed by atoms with van der Waals surface area (Å²) in [6, 6.07) is -0.0733. The highest BCUT2D eigenvalue weighted by Crippen LogP contribution is 2.03. The molecule has 0 aromatic heterocycles. The van der Waals surface area contributed by atoms with Crippen LogP contribution in [0.15, 0.2) is 0 Å². The molecule has 0 saturated heterocycles. The van der Waals surface area contributed by atoms with Crippen LogP contribution >= 0.6 is 0 Å². The number of hydrogen-bond acceptors (Lipinski definition) is 2. The molecule has 1 amide bonds. The number of hydrogen-bond donors (Lipinski definition) is 2. The van der Waals surface area contributed by atoms with Gasteiger partial charge in [0.2, 0.25) is 5.91 Å². The van der Waals surface area contributed by atoms with Crippen LogP contribution in [0.2, 0.25) is 0 Å². The van der Waals surface area contributed by atoms with E-state index in [2.05, 4.69) is 31.4 Å². The molecule has 0 bridgehead atoms. The van der Waals surface area contributed by atoms with Gasteiger partial charge in [0.05, 0.1) is 6.04 Å². The van der Waals surface area contributed by atoms with Gasteiger partial charge in [0.1, 0.15) is 0 Å². The first-order valence-corrected chi connectivity index (χ1v) is 6.12. The van der Waals surface area contributed by atoms with E-state index in [0.29, 0.717) is 5.92 Å². The summed E-state index contributed by atoms with van der Waals surface area (Å²) >= 11 is 0.